The SMILES string of the molecule is CC(C)(C)OC(=O)N1CCC(n2cc(-c3cnn4c(-c5cccc(NC(=O)NCC(F)(F)F)c5)cnc4c3)cn2)CC1. The summed E-state index contributed by atoms with van der Waals surface area (Å²) < 4.78 is 46.2. The quantitative estimate of drug-likeness (QED) is 0.319. The Hall–Kier alpha value is -4.62. The van der Waals surface area contributed by atoms with Crippen molar-refractivity contribution in [2.45, 2.75) is 51.4 Å². The number of hydrogen-bond donors (Lipinski definition) is 2. The number of fused-ring (bicyclic) bond motifs is 1. The fourth-order valence-electron chi connectivity index (χ4n) is 4.67. The van der Waals surface area contributed by atoms with Gasteiger partial charge in [-0.2, -0.15) is 23.4 Å². The highest BCUT2D eigenvalue weighted by molar-refractivity contribution is 5.90. The number of nitrogens with zero attached hydrogens (tertiary/aromatic N) is 6. The number of carbonyl (C=O) groups is 2. The van der Waals surface area contributed by atoms with Crippen LogP contribution in [0.1, 0.15) is 39.7 Å². The number of rotatable bonds is 5. The van der Waals surface area contributed by atoms with Crippen molar-refractivity contribution in [2.75, 3.05) is 25.0 Å². The lowest BCUT2D eigenvalue weighted by atomic mass is 10.1. The van der Waals surface area contributed by atoms with Crippen molar-refractivity contribution < 1.29 is 27.5 Å². The second-order valence-electron chi connectivity index (χ2n) is 11.1. The third kappa shape index (κ3) is 6.98. The van der Waals surface area contributed by atoms with Crippen LogP contribution in [0.15, 0.2) is 55.1 Å². The van der Waals surface area contributed by atoms with Gasteiger partial charge in [0.25, 0.3) is 0 Å². The third-order valence-electron chi connectivity index (χ3n) is 6.65. The Labute approximate surface area is 239 Å². The Morgan fingerprint density at radius 2 is 1.74 bits per heavy atom. The van der Waals surface area contributed by atoms with Crippen LogP contribution in [-0.2, 0) is 4.74 Å². The zero-order valence-electron chi connectivity index (χ0n) is 23.4. The zero-order valence-corrected chi connectivity index (χ0v) is 23.4. The molecule has 0 atom stereocenters. The molecule has 0 saturated carbocycles. The number of aromatic nitrogens is 5. The molecular weight excluding hydrogens is 553 g/mol. The average Bonchev–Trinajstić information content (AvgIpc) is 3.58. The van der Waals surface area contributed by atoms with E-state index in [1.165, 1.54) is 0 Å². The van der Waals surface area contributed by atoms with Crippen LogP contribution in [0.25, 0.3) is 28.0 Å². The molecule has 2 N–H and O–H groups in total. The van der Waals surface area contributed by atoms with E-state index in [1.807, 2.05) is 37.7 Å². The largest absolute Gasteiger partial charge is 0.444 e. The number of benzene rings is 1. The minimum Gasteiger partial charge on any atom is -0.444 e. The fourth-order valence-corrected chi connectivity index (χ4v) is 4.67. The average molecular weight is 585 g/mol. The van der Waals surface area contributed by atoms with Gasteiger partial charge in [-0.25, -0.2) is 19.1 Å². The van der Waals surface area contributed by atoms with Crippen LogP contribution in [0.5, 0.6) is 0 Å². The van der Waals surface area contributed by atoms with E-state index in [9.17, 15) is 22.8 Å². The van der Waals surface area contributed by atoms with Gasteiger partial charge in [-0.3, -0.25) is 4.68 Å². The molecule has 0 spiro atoms. The van der Waals surface area contributed by atoms with Crippen LogP contribution in [-0.4, -0.2) is 72.8 Å². The molecule has 1 aliphatic rings. The molecule has 1 fully saturated rings. The van der Waals surface area contributed by atoms with Crippen LogP contribution in [0.3, 0.4) is 0 Å². The summed E-state index contributed by atoms with van der Waals surface area (Å²) in [6.45, 7) is 5.31. The zero-order chi connectivity index (χ0) is 30.1. The Kier molecular flexibility index (Phi) is 7.80. The minimum absolute atomic E-state index is 0.156. The van der Waals surface area contributed by atoms with Crippen molar-refractivity contribution in [3.8, 4) is 22.4 Å². The molecule has 1 aliphatic heterocycles. The summed E-state index contributed by atoms with van der Waals surface area (Å²) in [5, 5.41) is 13.3. The van der Waals surface area contributed by atoms with E-state index in [0.717, 1.165) is 24.0 Å². The van der Waals surface area contributed by atoms with Crippen molar-refractivity contribution in [1.29, 1.82) is 0 Å². The van der Waals surface area contributed by atoms with Gasteiger partial charge in [0.05, 0.1) is 30.3 Å². The number of hydrogen-bond acceptors (Lipinski definition) is 6. The normalized spacial score (nSPS) is 14.7. The predicted molar refractivity (Wildman–Crippen MR) is 149 cm³/mol. The van der Waals surface area contributed by atoms with Gasteiger partial charge in [0, 0.05) is 41.7 Å². The monoisotopic (exact) mass is 584 g/mol. The number of alkyl halides is 3. The van der Waals surface area contributed by atoms with Crippen LogP contribution in [0, 0.1) is 0 Å². The van der Waals surface area contributed by atoms with Gasteiger partial charge in [-0.1, -0.05) is 12.1 Å². The molecular formula is C28H31F3N8O3. The first kappa shape index (κ1) is 28.9. The summed E-state index contributed by atoms with van der Waals surface area (Å²) >= 11 is 0. The number of anilines is 1. The van der Waals surface area contributed by atoms with Crippen LogP contribution < -0.4 is 10.6 Å². The van der Waals surface area contributed by atoms with Crippen molar-refractivity contribution in [1.82, 2.24) is 34.6 Å². The highest BCUT2D eigenvalue weighted by Crippen LogP contribution is 2.28. The molecule has 0 unspecified atom stereocenters. The number of halogens is 3. The molecule has 4 heterocycles. The second-order valence-corrected chi connectivity index (χ2v) is 11.1. The molecule has 14 heteroatoms. The molecule has 4 aromatic rings. The molecule has 1 aromatic carbocycles. The number of amides is 3. The lowest BCUT2D eigenvalue weighted by molar-refractivity contribution is -0.122. The molecule has 11 nitrogen and oxygen atoms in total. The highest BCUT2D eigenvalue weighted by Gasteiger charge is 2.29. The summed E-state index contributed by atoms with van der Waals surface area (Å²) in [6.07, 6.45) is 3.81. The van der Waals surface area contributed by atoms with E-state index in [1.54, 1.807) is 57.6 Å². The smallest absolute Gasteiger partial charge is 0.410 e. The summed E-state index contributed by atoms with van der Waals surface area (Å²) in [4.78, 5) is 30.4. The molecule has 3 amide bonds. The topological polar surface area (TPSA) is 119 Å². The predicted octanol–water partition coefficient (Wildman–Crippen LogP) is 5.52. The number of urea groups is 1. The number of imidazole rings is 1. The lowest BCUT2D eigenvalue weighted by Gasteiger charge is -2.33. The second kappa shape index (κ2) is 11.3. The van der Waals surface area contributed by atoms with E-state index < -0.39 is 24.4 Å². The fraction of sp³-hybridized carbons (Fsp3) is 0.393. The van der Waals surface area contributed by atoms with Crippen molar-refractivity contribution in [2.24, 2.45) is 0 Å². The number of ether oxygens (including phenoxy) is 1. The van der Waals surface area contributed by atoms with Gasteiger partial charge in [0.15, 0.2) is 5.65 Å². The number of piperidine rings is 1. The molecule has 0 bridgehead atoms. The van der Waals surface area contributed by atoms with Gasteiger partial charge in [-0.05, 0) is 51.8 Å². The molecule has 1 saturated heterocycles. The Morgan fingerprint density at radius 3 is 2.45 bits per heavy atom. The standard InChI is InChI=1S/C28H31F3N8O3/c1-27(2,3)42-26(41)37-9-7-22(8-10-37)38-16-20(14-34-38)19-12-24-32-15-23(39(24)35-13-19)18-5-4-6-21(11-18)36-25(40)33-17-28(29,30)31/h4-6,11-16,22H,7-10,17H2,1-3H3,(H2,33,36,40). The lowest BCUT2D eigenvalue weighted by Crippen LogP contribution is -2.42. The number of likely N-dealkylation sites (tertiary alicyclic amines) is 1. The maximum atomic E-state index is 12.4. The van der Waals surface area contributed by atoms with Crippen LogP contribution in [0.2, 0.25) is 0 Å². The first-order chi connectivity index (χ1) is 19.8. The Balaban J connectivity index is 1.25. The van der Waals surface area contributed by atoms with Gasteiger partial charge >= 0.3 is 18.3 Å². The van der Waals surface area contributed by atoms with Crippen molar-refractivity contribution >= 4 is 23.5 Å². The maximum Gasteiger partial charge on any atom is 0.410 e. The van der Waals surface area contributed by atoms with Gasteiger partial charge in [-0.15, -0.1) is 0 Å². The van der Waals surface area contributed by atoms with Crippen LogP contribution in [0.4, 0.5) is 28.4 Å². The van der Waals surface area contributed by atoms with E-state index in [4.69, 9.17) is 4.74 Å². The van der Waals surface area contributed by atoms with E-state index >= 15 is 0 Å². The van der Waals surface area contributed by atoms with E-state index in [-0.39, 0.29) is 12.1 Å². The van der Waals surface area contributed by atoms with Gasteiger partial charge in [0.1, 0.15) is 12.1 Å². The third-order valence-corrected chi connectivity index (χ3v) is 6.65. The molecule has 5 rings (SSSR count). The summed E-state index contributed by atoms with van der Waals surface area (Å²) in [5.41, 5.74) is 3.39. The molecule has 0 radical (unpaired) electrons. The first-order valence-corrected chi connectivity index (χ1v) is 13.4. The number of nitrogens with one attached hydrogen (secondary N) is 2. The molecule has 3 aromatic heterocycles. The van der Waals surface area contributed by atoms with Crippen molar-refractivity contribution in [3.63, 3.8) is 0 Å². The molecule has 42 heavy (non-hydrogen) atoms. The summed E-state index contributed by atoms with van der Waals surface area (Å²) in [6, 6.07) is 7.75. The Morgan fingerprint density at radius 1 is 1.00 bits per heavy atom. The van der Waals surface area contributed by atoms with Crippen LogP contribution >= 0.6 is 0 Å². The molecule has 0 aliphatic carbocycles. The van der Waals surface area contributed by atoms with Crippen molar-refractivity contribution in [3.05, 3.63) is 55.1 Å². The number of carbonyl (C=O) groups excluding carboxylic acids is 2. The van der Waals surface area contributed by atoms with Gasteiger partial charge < -0.3 is 20.3 Å². The molecule has 222 valence electrons. The first-order valence-electron chi connectivity index (χ1n) is 13.4. The maximum absolute atomic E-state index is 12.4. The summed E-state index contributed by atoms with van der Waals surface area (Å²) in [5.74, 6) is 0. The summed E-state index contributed by atoms with van der Waals surface area (Å²) in [7, 11) is 0. The van der Waals surface area contributed by atoms with Gasteiger partial charge in [0.2, 0.25) is 0 Å². The highest BCUT2D eigenvalue weighted by atomic mass is 19.4. The Bertz CT molecular complexity index is 1580. The van der Waals surface area contributed by atoms with E-state index in [2.05, 4.69) is 20.5 Å². The van der Waals surface area contributed by atoms with E-state index in [0.29, 0.717) is 35.7 Å². The minimum atomic E-state index is -4.50.